The quantitative estimate of drug-likeness (QED) is 0.861. The lowest BCUT2D eigenvalue weighted by Crippen LogP contribution is -2.31. The first-order chi connectivity index (χ1) is 8.72. The zero-order chi connectivity index (χ0) is 13.0. The van der Waals surface area contributed by atoms with Crippen LogP contribution in [-0.2, 0) is 15.6 Å². The molecule has 2 unspecified atom stereocenters. The van der Waals surface area contributed by atoms with Gasteiger partial charge in [-0.3, -0.25) is 14.3 Å². The van der Waals surface area contributed by atoms with Gasteiger partial charge in [-0.05, 0) is 5.56 Å². The molecule has 0 aliphatic carbocycles. The molecule has 98 valence electrons. The number of carbonyl (C=O) groups is 1. The zero-order valence-corrected chi connectivity index (χ0v) is 11.3. The van der Waals surface area contributed by atoms with Crippen LogP contribution >= 0.6 is 0 Å². The molecule has 1 aromatic rings. The maximum atomic E-state index is 12.2. The second kappa shape index (κ2) is 6.11. The molecular formula is C13H18N2O2S. The number of hydrogen-bond donors (Lipinski definition) is 1. The minimum absolute atomic E-state index is 0.0781. The summed E-state index contributed by atoms with van der Waals surface area (Å²) >= 11 is 0. The molecule has 1 heterocycles. The SMILES string of the molecule is CCS(=O)CCN1CNC(c2ccccc2)C1=O. The molecule has 1 amide bonds. The van der Waals surface area contributed by atoms with E-state index in [9.17, 15) is 9.00 Å². The maximum Gasteiger partial charge on any atom is 0.245 e. The van der Waals surface area contributed by atoms with Crippen LogP contribution in [0.5, 0.6) is 0 Å². The standard InChI is InChI=1S/C13H18N2O2S/c1-2-18(17)9-8-15-10-14-12(13(15)16)11-6-4-3-5-7-11/h3-7,12,14H,2,8-10H2,1H3. The van der Waals surface area contributed by atoms with Crippen LogP contribution in [0, 0.1) is 0 Å². The number of hydrogen-bond acceptors (Lipinski definition) is 3. The van der Waals surface area contributed by atoms with Crippen LogP contribution in [0.1, 0.15) is 18.5 Å². The first-order valence-corrected chi connectivity index (χ1v) is 7.63. The van der Waals surface area contributed by atoms with E-state index in [0.29, 0.717) is 24.7 Å². The summed E-state index contributed by atoms with van der Waals surface area (Å²) in [5.74, 6) is 1.29. The van der Waals surface area contributed by atoms with E-state index in [1.54, 1.807) is 4.90 Å². The first kappa shape index (κ1) is 13.2. The number of benzene rings is 1. The Bertz CT molecular complexity index is 436. The van der Waals surface area contributed by atoms with Crippen molar-refractivity contribution in [2.24, 2.45) is 0 Å². The van der Waals surface area contributed by atoms with Crippen molar-refractivity contribution in [2.45, 2.75) is 13.0 Å². The third-order valence-corrected chi connectivity index (χ3v) is 4.37. The lowest BCUT2D eigenvalue weighted by atomic mass is 10.1. The van der Waals surface area contributed by atoms with Gasteiger partial charge in [0.15, 0.2) is 0 Å². The number of nitrogens with zero attached hydrogens (tertiary/aromatic N) is 1. The topological polar surface area (TPSA) is 49.4 Å². The van der Waals surface area contributed by atoms with E-state index < -0.39 is 10.8 Å². The zero-order valence-electron chi connectivity index (χ0n) is 10.5. The van der Waals surface area contributed by atoms with E-state index >= 15 is 0 Å². The summed E-state index contributed by atoms with van der Waals surface area (Å²) in [7, 11) is -0.815. The van der Waals surface area contributed by atoms with E-state index in [4.69, 9.17) is 0 Å². The van der Waals surface area contributed by atoms with Gasteiger partial charge in [-0.15, -0.1) is 0 Å². The molecule has 18 heavy (non-hydrogen) atoms. The Morgan fingerprint density at radius 3 is 2.78 bits per heavy atom. The van der Waals surface area contributed by atoms with E-state index in [2.05, 4.69) is 5.32 Å². The largest absolute Gasteiger partial charge is 0.327 e. The van der Waals surface area contributed by atoms with Crippen molar-refractivity contribution in [3.05, 3.63) is 35.9 Å². The molecule has 0 saturated carbocycles. The van der Waals surface area contributed by atoms with Crippen LogP contribution < -0.4 is 5.32 Å². The summed E-state index contributed by atoms with van der Waals surface area (Å²) in [6, 6.07) is 9.44. The Hall–Kier alpha value is -1.20. The molecule has 0 spiro atoms. The van der Waals surface area contributed by atoms with Gasteiger partial charge >= 0.3 is 0 Å². The maximum absolute atomic E-state index is 12.2. The molecule has 2 rings (SSSR count). The molecule has 1 aliphatic rings. The van der Waals surface area contributed by atoms with Crippen molar-refractivity contribution < 1.29 is 9.00 Å². The van der Waals surface area contributed by atoms with Crippen LogP contribution in [-0.4, -0.2) is 39.7 Å². The summed E-state index contributed by atoms with van der Waals surface area (Å²) in [6.45, 7) is 3.00. The van der Waals surface area contributed by atoms with Crippen molar-refractivity contribution in [1.29, 1.82) is 0 Å². The molecule has 4 nitrogen and oxygen atoms in total. The number of nitrogens with one attached hydrogen (secondary N) is 1. The average molecular weight is 266 g/mol. The molecule has 1 saturated heterocycles. The normalized spacial score (nSPS) is 21.3. The molecule has 0 aromatic heterocycles. The third kappa shape index (κ3) is 2.97. The highest BCUT2D eigenvalue weighted by atomic mass is 32.2. The summed E-state index contributed by atoms with van der Waals surface area (Å²) < 4.78 is 11.4. The molecule has 1 aromatic carbocycles. The fourth-order valence-electron chi connectivity index (χ4n) is 2.00. The average Bonchev–Trinajstić information content (AvgIpc) is 2.78. The molecule has 0 radical (unpaired) electrons. The highest BCUT2D eigenvalue weighted by molar-refractivity contribution is 7.84. The van der Waals surface area contributed by atoms with Gasteiger partial charge in [-0.25, -0.2) is 0 Å². The van der Waals surface area contributed by atoms with Crippen molar-refractivity contribution >= 4 is 16.7 Å². The monoisotopic (exact) mass is 266 g/mol. The van der Waals surface area contributed by atoms with Crippen LogP contribution in [0.25, 0.3) is 0 Å². The molecule has 1 aliphatic heterocycles. The summed E-state index contributed by atoms with van der Waals surface area (Å²) in [5, 5.41) is 3.19. The van der Waals surface area contributed by atoms with E-state index in [1.807, 2.05) is 37.3 Å². The van der Waals surface area contributed by atoms with Gasteiger partial charge in [-0.2, -0.15) is 0 Å². The van der Waals surface area contributed by atoms with Gasteiger partial charge in [0.2, 0.25) is 5.91 Å². The smallest absolute Gasteiger partial charge is 0.245 e. The second-order valence-corrected chi connectivity index (χ2v) is 6.11. The Kier molecular flexibility index (Phi) is 4.49. The van der Waals surface area contributed by atoms with Gasteiger partial charge in [0.1, 0.15) is 6.04 Å². The van der Waals surface area contributed by atoms with E-state index in [0.717, 1.165) is 5.56 Å². The molecule has 1 fully saturated rings. The van der Waals surface area contributed by atoms with Crippen LogP contribution in [0.4, 0.5) is 0 Å². The fraction of sp³-hybridized carbons (Fsp3) is 0.462. The van der Waals surface area contributed by atoms with Gasteiger partial charge < -0.3 is 4.90 Å². The third-order valence-electron chi connectivity index (χ3n) is 3.09. The fourth-order valence-corrected chi connectivity index (χ4v) is 2.71. The Morgan fingerprint density at radius 2 is 2.11 bits per heavy atom. The van der Waals surface area contributed by atoms with Gasteiger partial charge in [-0.1, -0.05) is 37.3 Å². The Balaban J connectivity index is 1.95. The lowest BCUT2D eigenvalue weighted by molar-refractivity contribution is -0.128. The minimum Gasteiger partial charge on any atom is -0.327 e. The lowest BCUT2D eigenvalue weighted by Gasteiger charge is -2.14. The van der Waals surface area contributed by atoms with Crippen molar-refractivity contribution in [3.63, 3.8) is 0 Å². The number of amides is 1. The van der Waals surface area contributed by atoms with E-state index in [-0.39, 0.29) is 11.9 Å². The molecule has 1 N–H and O–H groups in total. The number of carbonyl (C=O) groups excluding carboxylic acids is 1. The number of rotatable bonds is 5. The predicted molar refractivity (Wildman–Crippen MR) is 72.4 cm³/mol. The summed E-state index contributed by atoms with van der Waals surface area (Å²) in [6.07, 6.45) is 0. The predicted octanol–water partition coefficient (Wildman–Crippen LogP) is 0.886. The van der Waals surface area contributed by atoms with Crippen LogP contribution in [0.3, 0.4) is 0 Å². The van der Waals surface area contributed by atoms with Gasteiger partial charge in [0.05, 0.1) is 6.67 Å². The Morgan fingerprint density at radius 1 is 1.39 bits per heavy atom. The first-order valence-electron chi connectivity index (χ1n) is 6.14. The van der Waals surface area contributed by atoms with Crippen LogP contribution in [0.2, 0.25) is 0 Å². The van der Waals surface area contributed by atoms with Gasteiger partial charge in [0.25, 0.3) is 0 Å². The Labute approximate surface area is 110 Å². The van der Waals surface area contributed by atoms with Crippen LogP contribution in [0.15, 0.2) is 30.3 Å². The highest BCUT2D eigenvalue weighted by Crippen LogP contribution is 2.19. The molecule has 0 bridgehead atoms. The van der Waals surface area contributed by atoms with Crippen molar-refractivity contribution in [3.8, 4) is 0 Å². The van der Waals surface area contributed by atoms with Gasteiger partial charge in [0, 0.05) is 28.9 Å². The molecular weight excluding hydrogens is 248 g/mol. The summed E-state index contributed by atoms with van der Waals surface area (Å²) in [5.41, 5.74) is 0.988. The van der Waals surface area contributed by atoms with E-state index in [1.165, 1.54) is 0 Å². The molecule has 2 atom stereocenters. The minimum atomic E-state index is -0.815. The molecule has 5 heteroatoms. The second-order valence-electron chi connectivity index (χ2n) is 4.24. The van der Waals surface area contributed by atoms with Crippen molar-refractivity contribution in [2.75, 3.05) is 24.7 Å². The summed E-state index contributed by atoms with van der Waals surface area (Å²) in [4.78, 5) is 13.9. The van der Waals surface area contributed by atoms with Crippen molar-refractivity contribution in [1.82, 2.24) is 10.2 Å². The highest BCUT2D eigenvalue weighted by Gasteiger charge is 2.31.